The molecule has 2 aromatic rings. The van der Waals surface area contributed by atoms with Crippen molar-refractivity contribution in [2.75, 3.05) is 6.54 Å². The SMILES string of the molecule is CC(C)(O)CN(Cc1ccccc1)Cc1cnc(Cl)s1. The minimum Gasteiger partial charge on any atom is -0.389 e. The Labute approximate surface area is 128 Å². The molecular weight excluding hydrogens is 292 g/mol. The smallest absolute Gasteiger partial charge is 0.183 e. The van der Waals surface area contributed by atoms with Crippen molar-refractivity contribution in [2.24, 2.45) is 0 Å². The summed E-state index contributed by atoms with van der Waals surface area (Å²) in [5.41, 5.74) is 0.496. The molecule has 0 bridgehead atoms. The molecule has 0 aliphatic rings. The molecule has 5 heteroatoms. The Hall–Kier alpha value is -0.940. The third kappa shape index (κ3) is 5.21. The number of hydrogen-bond donors (Lipinski definition) is 1. The monoisotopic (exact) mass is 310 g/mol. The Morgan fingerprint density at radius 1 is 1.25 bits per heavy atom. The summed E-state index contributed by atoms with van der Waals surface area (Å²) < 4.78 is 0.558. The molecule has 0 amide bonds. The van der Waals surface area contributed by atoms with E-state index in [1.165, 1.54) is 16.9 Å². The molecule has 1 N–H and O–H groups in total. The first kappa shape index (κ1) is 15.4. The molecular formula is C15H19ClN2OS. The lowest BCUT2D eigenvalue weighted by Crippen LogP contribution is -2.37. The highest BCUT2D eigenvalue weighted by Crippen LogP contribution is 2.21. The van der Waals surface area contributed by atoms with Crippen LogP contribution in [0.5, 0.6) is 0 Å². The molecule has 1 aromatic carbocycles. The molecule has 1 aromatic heterocycles. The zero-order valence-corrected chi connectivity index (χ0v) is 13.3. The van der Waals surface area contributed by atoms with Gasteiger partial charge in [0, 0.05) is 30.7 Å². The molecule has 0 spiro atoms. The van der Waals surface area contributed by atoms with Crippen LogP contribution in [0.15, 0.2) is 36.5 Å². The van der Waals surface area contributed by atoms with Crippen LogP contribution in [0.25, 0.3) is 0 Å². The van der Waals surface area contributed by atoms with Crippen molar-refractivity contribution in [1.82, 2.24) is 9.88 Å². The highest BCUT2D eigenvalue weighted by Gasteiger charge is 2.19. The number of aromatic nitrogens is 1. The topological polar surface area (TPSA) is 36.4 Å². The van der Waals surface area contributed by atoms with Crippen molar-refractivity contribution in [3.8, 4) is 0 Å². The Morgan fingerprint density at radius 3 is 2.50 bits per heavy atom. The highest BCUT2D eigenvalue weighted by molar-refractivity contribution is 7.15. The zero-order valence-electron chi connectivity index (χ0n) is 11.7. The number of nitrogens with zero attached hydrogens (tertiary/aromatic N) is 2. The van der Waals surface area contributed by atoms with Gasteiger partial charge in [0.2, 0.25) is 0 Å². The van der Waals surface area contributed by atoms with Gasteiger partial charge in [-0.1, -0.05) is 41.9 Å². The van der Waals surface area contributed by atoms with Gasteiger partial charge in [-0.25, -0.2) is 4.98 Å². The van der Waals surface area contributed by atoms with Crippen LogP contribution in [0.2, 0.25) is 4.47 Å². The largest absolute Gasteiger partial charge is 0.389 e. The van der Waals surface area contributed by atoms with E-state index in [9.17, 15) is 5.11 Å². The first-order chi connectivity index (χ1) is 9.42. The van der Waals surface area contributed by atoms with Gasteiger partial charge in [-0.15, -0.1) is 11.3 Å². The van der Waals surface area contributed by atoms with Crippen molar-refractivity contribution >= 4 is 22.9 Å². The van der Waals surface area contributed by atoms with Crippen molar-refractivity contribution in [3.63, 3.8) is 0 Å². The van der Waals surface area contributed by atoms with Crippen LogP contribution in [0, 0.1) is 0 Å². The quantitative estimate of drug-likeness (QED) is 0.886. The number of aliphatic hydroxyl groups is 1. The molecule has 1 heterocycles. The van der Waals surface area contributed by atoms with Gasteiger partial charge in [0.05, 0.1) is 5.60 Å². The second kappa shape index (κ2) is 6.68. The maximum atomic E-state index is 10.1. The van der Waals surface area contributed by atoms with Crippen LogP contribution in [-0.2, 0) is 13.1 Å². The first-order valence-electron chi connectivity index (χ1n) is 6.51. The van der Waals surface area contributed by atoms with Gasteiger partial charge in [0.15, 0.2) is 4.47 Å². The number of rotatable bonds is 6. The van der Waals surface area contributed by atoms with E-state index in [-0.39, 0.29) is 0 Å². The van der Waals surface area contributed by atoms with Gasteiger partial charge in [0.1, 0.15) is 0 Å². The molecule has 20 heavy (non-hydrogen) atoms. The van der Waals surface area contributed by atoms with Gasteiger partial charge in [0.25, 0.3) is 0 Å². The third-order valence-electron chi connectivity index (χ3n) is 2.76. The van der Waals surface area contributed by atoms with E-state index in [2.05, 4.69) is 22.0 Å². The lowest BCUT2D eigenvalue weighted by atomic mass is 10.1. The molecule has 0 atom stereocenters. The standard InChI is InChI=1S/C15H19ClN2OS/c1-15(2,19)11-18(9-12-6-4-3-5-7-12)10-13-8-17-14(16)20-13/h3-8,19H,9-11H2,1-2H3. The van der Waals surface area contributed by atoms with Crippen molar-refractivity contribution in [2.45, 2.75) is 32.5 Å². The fourth-order valence-electron chi connectivity index (χ4n) is 2.13. The Morgan fingerprint density at radius 2 is 1.95 bits per heavy atom. The normalized spacial score (nSPS) is 12.1. The van der Waals surface area contributed by atoms with E-state index in [4.69, 9.17) is 11.6 Å². The van der Waals surface area contributed by atoms with E-state index in [0.29, 0.717) is 11.0 Å². The van der Waals surface area contributed by atoms with Crippen molar-refractivity contribution in [1.29, 1.82) is 0 Å². The Kier molecular flexibility index (Phi) is 5.16. The summed E-state index contributed by atoms with van der Waals surface area (Å²) in [5, 5.41) is 10.1. The summed E-state index contributed by atoms with van der Waals surface area (Å²) in [6.45, 7) is 5.77. The number of benzene rings is 1. The molecule has 108 valence electrons. The van der Waals surface area contributed by atoms with Crippen LogP contribution >= 0.6 is 22.9 Å². The number of hydrogen-bond acceptors (Lipinski definition) is 4. The van der Waals surface area contributed by atoms with Crippen LogP contribution in [-0.4, -0.2) is 27.1 Å². The zero-order chi connectivity index (χ0) is 14.6. The molecule has 0 aliphatic carbocycles. The molecule has 2 rings (SSSR count). The van der Waals surface area contributed by atoms with Crippen LogP contribution in [0.4, 0.5) is 0 Å². The minimum absolute atomic E-state index is 0.558. The molecule has 0 saturated carbocycles. The van der Waals surface area contributed by atoms with E-state index < -0.39 is 5.60 Å². The van der Waals surface area contributed by atoms with Gasteiger partial charge in [-0.3, -0.25) is 4.90 Å². The lowest BCUT2D eigenvalue weighted by molar-refractivity contribution is 0.0310. The van der Waals surface area contributed by atoms with Crippen LogP contribution < -0.4 is 0 Å². The summed E-state index contributed by atoms with van der Waals surface area (Å²) in [6.07, 6.45) is 1.80. The highest BCUT2D eigenvalue weighted by atomic mass is 35.5. The maximum Gasteiger partial charge on any atom is 0.183 e. The fourth-order valence-corrected chi connectivity index (χ4v) is 3.15. The second-order valence-electron chi connectivity index (χ2n) is 5.52. The molecule has 3 nitrogen and oxygen atoms in total. The molecule has 0 radical (unpaired) electrons. The van der Waals surface area contributed by atoms with Crippen molar-refractivity contribution in [3.05, 3.63) is 51.4 Å². The van der Waals surface area contributed by atoms with Crippen LogP contribution in [0.3, 0.4) is 0 Å². The van der Waals surface area contributed by atoms with Gasteiger partial charge >= 0.3 is 0 Å². The Balaban J connectivity index is 2.08. The summed E-state index contributed by atoms with van der Waals surface area (Å²) in [7, 11) is 0. The van der Waals surface area contributed by atoms with Crippen molar-refractivity contribution < 1.29 is 5.11 Å². The lowest BCUT2D eigenvalue weighted by Gasteiger charge is -2.28. The first-order valence-corrected chi connectivity index (χ1v) is 7.71. The van der Waals surface area contributed by atoms with E-state index in [1.54, 1.807) is 6.20 Å². The second-order valence-corrected chi connectivity index (χ2v) is 7.22. The summed E-state index contributed by atoms with van der Waals surface area (Å²) in [4.78, 5) is 7.38. The predicted molar refractivity (Wildman–Crippen MR) is 84.0 cm³/mol. The average molecular weight is 311 g/mol. The van der Waals surface area contributed by atoms with E-state index >= 15 is 0 Å². The van der Waals surface area contributed by atoms with Gasteiger partial charge in [-0.05, 0) is 19.4 Å². The maximum absolute atomic E-state index is 10.1. The molecule has 0 unspecified atom stereocenters. The molecule has 0 fully saturated rings. The third-order valence-corrected chi connectivity index (χ3v) is 3.86. The fraction of sp³-hybridized carbons (Fsp3) is 0.400. The summed E-state index contributed by atoms with van der Waals surface area (Å²) in [5.74, 6) is 0. The predicted octanol–water partition coefficient (Wildman–Crippen LogP) is 3.57. The molecule has 0 saturated heterocycles. The van der Waals surface area contributed by atoms with E-state index in [0.717, 1.165) is 18.0 Å². The van der Waals surface area contributed by atoms with Gasteiger partial charge in [-0.2, -0.15) is 0 Å². The summed E-state index contributed by atoms with van der Waals surface area (Å²) in [6, 6.07) is 10.3. The minimum atomic E-state index is -0.733. The average Bonchev–Trinajstić information content (AvgIpc) is 2.74. The number of halogens is 1. The molecule has 0 aliphatic heterocycles. The summed E-state index contributed by atoms with van der Waals surface area (Å²) >= 11 is 7.36. The number of thiazole rings is 1. The van der Waals surface area contributed by atoms with E-state index in [1.807, 2.05) is 32.0 Å². The van der Waals surface area contributed by atoms with Crippen LogP contribution in [0.1, 0.15) is 24.3 Å². The van der Waals surface area contributed by atoms with Gasteiger partial charge < -0.3 is 5.11 Å². The Bertz CT molecular complexity index is 536.